The quantitative estimate of drug-likeness (QED) is 0.685. The molecule has 0 aliphatic carbocycles. The minimum Gasteiger partial charge on any atom is -0.496 e. The van der Waals surface area contributed by atoms with Crippen LogP contribution in [0.1, 0.15) is 11.1 Å². The molecular weight excluding hydrogens is 259 g/mol. The van der Waals surface area contributed by atoms with E-state index < -0.39 is 11.8 Å². The fourth-order valence-corrected chi connectivity index (χ4v) is 1.87. The number of carboxylic acid groups (broad SMARTS) is 1. The zero-order valence-electron chi connectivity index (χ0n) is 10.8. The van der Waals surface area contributed by atoms with Crippen LogP contribution >= 0.6 is 0 Å². The molecule has 0 atom stereocenters. The molecule has 0 saturated heterocycles. The third-order valence-electron chi connectivity index (χ3n) is 2.80. The van der Waals surface area contributed by atoms with Gasteiger partial charge in [0.25, 0.3) is 0 Å². The van der Waals surface area contributed by atoms with Gasteiger partial charge < -0.3 is 9.84 Å². The van der Waals surface area contributed by atoms with E-state index >= 15 is 0 Å². The molecule has 0 radical (unpaired) electrons. The molecule has 0 fully saturated rings. The van der Waals surface area contributed by atoms with E-state index in [1.807, 2.05) is 0 Å². The predicted molar refractivity (Wildman–Crippen MR) is 74.9 cm³/mol. The van der Waals surface area contributed by atoms with Crippen molar-refractivity contribution >= 4 is 17.6 Å². The molecule has 0 aliphatic heterocycles. The Bertz CT molecular complexity index is 662. The summed E-state index contributed by atoms with van der Waals surface area (Å²) in [7, 11) is 1.51. The lowest BCUT2D eigenvalue weighted by Crippen LogP contribution is -2.00. The van der Waals surface area contributed by atoms with E-state index in [0.29, 0.717) is 16.9 Å². The number of carboxylic acids is 1. The van der Waals surface area contributed by atoms with Crippen molar-refractivity contribution in [1.82, 2.24) is 0 Å². The number of benzene rings is 2. The molecule has 0 bridgehead atoms. The van der Waals surface area contributed by atoms with Gasteiger partial charge in [-0.2, -0.15) is 0 Å². The number of para-hydroxylation sites is 1. The number of aliphatic carboxylic acids is 1. The summed E-state index contributed by atoms with van der Waals surface area (Å²) < 4.78 is 18.4. The normalized spacial score (nSPS) is 11.2. The summed E-state index contributed by atoms with van der Waals surface area (Å²) in [5, 5.41) is 9.31. The van der Waals surface area contributed by atoms with Gasteiger partial charge >= 0.3 is 5.97 Å². The zero-order valence-corrected chi connectivity index (χ0v) is 10.8. The minimum atomic E-state index is -1.12. The summed E-state index contributed by atoms with van der Waals surface area (Å²) in [5.41, 5.74) is 0.939. The van der Waals surface area contributed by atoms with E-state index in [1.165, 1.54) is 31.4 Å². The number of methoxy groups -OCH3 is 1. The number of ether oxygens (including phenoxy) is 1. The first-order valence-electron chi connectivity index (χ1n) is 5.96. The molecule has 0 saturated carbocycles. The van der Waals surface area contributed by atoms with Crippen LogP contribution in [0, 0.1) is 5.82 Å². The Balaban J connectivity index is 2.53. The van der Waals surface area contributed by atoms with E-state index in [4.69, 9.17) is 4.74 Å². The maximum Gasteiger partial charge on any atom is 0.336 e. The number of carbonyl (C=O) groups is 1. The fraction of sp³-hybridized carbons (Fsp3) is 0.0625. The molecule has 0 aliphatic rings. The maximum atomic E-state index is 13.2. The van der Waals surface area contributed by atoms with Gasteiger partial charge in [-0.3, -0.25) is 0 Å². The highest BCUT2D eigenvalue weighted by Crippen LogP contribution is 2.25. The van der Waals surface area contributed by atoms with Crippen molar-refractivity contribution < 1.29 is 19.0 Å². The van der Waals surface area contributed by atoms with E-state index in [1.54, 1.807) is 30.3 Å². The average Bonchev–Trinajstić information content (AvgIpc) is 2.44. The van der Waals surface area contributed by atoms with Crippen molar-refractivity contribution in [3.63, 3.8) is 0 Å². The second kappa shape index (κ2) is 6.02. The Morgan fingerprint density at radius 2 is 1.95 bits per heavy atom. The lowest BCUT2D eigenvalue weighted by Gasteiger charge is -2.07. The SMILES string of the molecule is COc1ccccc1/C=C(/C(=O)O)c1cccc(F)c1. The lowest BCUT2D eigenvalue weighted by molar-refractivity contribution is -0.130. The first kappa shape index (κ1) is 13.8. The van der Waals surface area contributed by atoms with Crippen LogP contribution in [0.25, 0.3) is 11.6 Å². The molecule has 3 nitrogen and oxygen atoms in total. The van der Waals surface area contributed by atoms with E-state index in [-0.39, 0.29) is 5.57 Å². The van der Waals surface area contributed by atoms with Gasteiger partial charge in [0.15, 0.2) is 0 Å². The third kappa shape index (κ3) is 3.03. The van der Waals surface area contributed by atoms with E-state index in [2.05, 4.69) is 0 Å². The highest BCUT2D eigenvalue weighted by molar-refractivity contribution is 6.20. The average molecular weight is 272 g/mol. The largest absolute Gasteiger partial charge is 0.496 e. The van der Waals surface area contributed by atoms with Gasteiger partial charge in [-0.15, -0.1) is 0 Å². The highest BCUT2D eigenvalue weighted by atomic mass is 19.1. The van der Waals surface area contributed by atoms with Crippen LogP contribution in [0.4, 0.5) is 4.39 Å². The molecule has 0 aromatic heterocycles. The Hall–Kier alpha value is -2.62. The van der Waals surface area contributed by atoms with Crippen molar-refractivity contribution in [3.8, 4) is 5.75 Å². The van der Waals surface area contributed by atoms with E-state index in [0.717, 1.165) is 0 Å². The van der Waals surface area contributed by atoms with Gasteiger partial charge in [-0.05, 0) is 29.8 Å². The van der Waals surface area contributed by atoms with Crippen LogP contribution in [0.3, 0.4) is 0 Å². The first-order chi connectivity index (χ1) is 9.61. The molecule has 2 rings (SSSR count). The topological polar surface area (TPSA) is 46.5 Å². The fourth-order valence-electron chi connectivity index (χ4n) is 1.87. The summed E-state index contributed by atoms with van der Waals surface area (Å²) in [4.78, 5) is 11.4. The molecule has 0 spiro atoms. The minimum absolute atomic E-state index is 0.00833. The van der Waals surface area contributed by atoms with Crippen LogP contribution in [0.5, 0.6) is 5.75 Å². The Kier molecular flexibility index (Phi) is 4.15. The Morgan fingerprint density at radius 3 is 2.60 bits per heavy atom. The zero-order chi connectivity index (χ0) is 14.5. The van der Waals surface area contributed by atoms with Gasteiger partial charge in [0, 0.05) is 5.56 Å². The Morgan fingerprint density at radius 1 is 1.20 bits per heavy atom. The van der Waals surface area contributed by atoms with Crippen LogP contribution in [-0.4, -0.2) is 18.2 Å². The van der Waals surface area contributed by atoms with Crippen molar-refractivity contribution in [2.75, 3.05) is 7.11 Å². The molecular formula is C16H13FO3. The van der Waals surface area contributed by atoms with Crippen LogP contribution in [0.2, 0.25) is 0 Å². The third-order valence-corrected chi connectivity index (χ3v) is 2.80. The van der Waals surface area contributed by atoms with Crippen molar-refractivity contribution in [3.05, 3.63) is 65.5 Å². The van der Waals surface area contributed by atoms with Crippen molar-refractivity contribution in [2.45, 2.75) is 0 Å². The lowest BCUT2D eigenvalue weighted by atomic mass is 10.0. The molecule has 4 heteroatoms. The van der Waals surface area contributed by atoms with Gasteiger partial charge in [-0.25, -0.2) is 9.18 Å². The molecule has 102 valence electrons. The van der Waals surface area contributed by atoms with Crippen LogP contribution in [-0.2, 0) is 4.79 Å². The predicted octanol–water partition coefficient (Wildman–Crippen LogP) is 3.46. The molecule has 20 heavy (non-hydrogen) atoms. The van der Waals surface area contributed by atoms with Gasteiger partial charge in [0.2, 0.25) is 0 Å². The Labute approximate surface area is 115 Å². The molecule has 2 aromatic carbocycles. The van der Waals surface area contributed by atoms with Gasteiger partial charge in [0.05, 0.1) is 12.7 Å². The van der Waals surface area contributed by atoms with E-state index in [9.17, 15) is 14.3 Å². The summed E-state index contributed by atoms with van der Waals surface area (Å²) >= 11 is 0. The summed E-state index contributed by atoms with van der Waals surface area (Å²) in [5.74, 6) is -1.04. The molecule has 2 aromatic rings. The molecule has 1 N–H and O–H groups in total. The van der Waals surface area contributed by atoms with Crippen LogP contribution < -0.4 is 4.74 Å². The highest BCUT2D eigenvalue weighted by Gasteiger charge is 2.12. The van der Waals surface area contributed by atoms with Crippen molar-refractivity contribution in [2.24, 2.45) is 0 Å². The van der Waals surface area contributed by atoms with Crippen LogP contribution in [0.15, 0.2) is 48.5 Å². The number of hydrogen-bond donors (Lipinski definition) is 1. The van der Waals surface area contributed by atoms with Gasteiger partial charge in [-0.1, -0.05) is 30.3 Å². The standard InChI is InChI=1S/C16H13FO3/c1-20-15-8-3-2-5-12(15)10-14(16(18)19)11-6-4-7-13(17)9-11/h2-10H,1H3,(H,18,19)/b14-10+. The van der Waals surface area contributed by atoms with Gasteiger partial charge in [0.1, 0.15) is 11.6 Å². The van der Waals surface area contributed by atoms with Crippen molar-refractivity contribution in [1.29, 1.82) is 0 Å². The molecule has 0 amide bonds. The monoisotopic (exact) mass is 272 g/mol. The second-order valence-electron chi connectivity index (χ2n) is 4.12. The number of rotatable bonds is 4. The smallest absolute Gasteiger partial charge is 0.336 e. The second-order valence-corrected chi connectivity index (χ2v) is 4.12. The maximum absolute atomic E-state index is 13.2. The summed E-state index contributed by atoms with van der Waals surface area (Å²) in [6, 6.07) is 12.5. The first-order valence-corrected chi connectivity index (χ1v) is 5.96. The molecule has 0 heterocycles. The summed E-state index contributed by atoms with van der Waals surface area (Å²) in [6.45, 7) is 0. The number of hydrogen-bond acceptors (Lipinski definition) is 2. The molecule has 0 unspecified atom stereocenters. The number of halogens is 1. The summed E-state index contributed by atoms with van der Waals surface area (Å²) in [6.07, 6.45) is 1.47.